The maximum Gasteiger partial charge on any atom is 0.326 e. The molecule has 1 unspecified atom stereocenters. The molecular weight excluding hydrogens is 431 g/mol. The van der Waals surface area contributed by atoms with E-state index in [-0.39, 0.29) is 31.9 Å². The van der Waals surface area contributed by atoms with Crippen LogP contribution in [-0.2, 0) is 30.4 Å². The van der Waals surface area contributed by atoms with Gasteiger partial charge in [-0.25, -0.2) is 9.18 Å². The summed E-state index contributed by atoms with van der Waals surface area (Å²) in [5, 5.41) is 9.58. The molecule has 8 nitrogen and oxygen atoms in total. The lowest BCUT2D eigenvalue weighted by atomic mass is 9.99. The van der Waals surface area contributed by atoms with E-state index in [9.17, 15) is 23.9 Å². The van der Waals surface area contributed by atoms with Crippen molar-refractivity contribution >= 4 is 18.3 Å². The van der Waals surface area contributed by atoms with Crippen molar-refractivity contribution in [2.75, 3.05) is 26.3 Å². The molecule has 1 N–H and O–H groups in total. The van der Waals surface area contributed by atoms with E-state index in [0.29, 0.717) is 19.6 Å². The smallest absolute Gasteiger partial charge is 0.326 e. The lowest BCUT2D eigenvalue weighted by Crippen LogP contribution is -2.46. The molecule has 2 aromatic carbocycles. The zero-order chi connectivity index (χ0) is 23.6. The summed E-state index contributed by atoms with van der Waals surface area (Å²) in [5.41, 5.74) is 3.44. The summed E-state index contributed by atoms with van der Waals surface area (Å²) in [4.78, 5) is 39.0. The van der Waals surface area contributed by atoms with Gasteiger partial charge in [-0.3, -0.25) is 9.59 Å². The molecule has 2 heterocycles. The first kappa shape index (κ1) is 22.9. The van der Waals surface area contributed by atoms with Crippen molar-refractivity contribution < 1.29 is 33.4 Å². The Morgan fingerprint density at radius 3 is 2.48 bits per heavy atom. The average Bonchev–Trinajstić information content (AvgIpc) is 3.42. The van der Waals surface area contributed by atoms with E-state index in [1.807, 2.05) is 25.1 Å². The largest absolute Gasteiger partial charge is 0.480 e. The Kier molecular flexibility index (Phi) is 6.44. The molecule has 0 aliphatic carbocycles. The fourth-order valence-corrected chi connectivity index (χ4v) is 4.31. The molecule has 0 bridgehead atoms. The minimum atomic E-state index is -1.14. The van der Waals surface area contributed by atoms with Crippen molar-refractivity contribution in [2.45, 2.75) is 31.7 Å². The van der Waals surface area contributed by atoms with E-state index >= 15 is 0 Å². The van der Waals surface area contributed by atoms with Crippen molar-refractivity contribution in [3.05, 3.63) is 59.4 Å². The Morgan fingerprint density at radius 1 is 1.18 bits per heavy atom. The van der Waals surface area contributed by atoms with E-state index in [1.54, 1.807) is 12.1 Å². The molecule has 0 radical (unpaired) electrons. The first-order valence-corrected chi connectivity index (χ1v) is 10.7. The molecule has 2 saturated heterocycles. The zero-order valence-electron chi connectivity index (χ0n) is 18.2. The predicted molar refractivity (Wildman–Crippen MR) is 115 cm³/mol. The molecule has 174 valence electrons. The van der Waals surface area contributed by atoms with Crippen molar-refractivity contribution in [1.82, 2.24) is 9.80 Å². The molecule has 2 amide bonds. The molecule has 0 aromatic heterocycles. The quantitative estimate of drug-likeness (QED) is 0.642. The Bertz CT molecular complexity index is 1050. The van der Waals surface area contributed by atoms with Gasteiger partial charge in [-0.05, 0) is 47.4 Å². The number of ether oxygens (including phenoxy) is 2. The highest BCUT2D eigenvalue weighted by Gasteiger charge is 2.52. The number of rotatable bonds is 7. The number of likely N-dealkylation sites (tertiary alicyclic amines) is 1. The lowest BCUT2D eigenvalue weighted by molar-refractivity contribution is -0.153. The first-order valence-electron chi connectivity index (χ1n) is 10.7. The molecule has 2 fully saturated rings. The molecule has 2 aliphatic rings. The van der Waals surface area contributed by atoms with E-state index in [1.165, 1.54) is 21.9 Å². The number of benzene rings is 2. The van der Waals surface area contributed by atoms with Crippen LogP contribution in [0.3, 0.4) is 0 Å². The fourth-order valence-electron chi connectivity index (χ4n) is 4.31. The molecular formula is C24H25FN2O6. The van der Waals surface area contributed by atoms with Gasteiger partial charge in [0.1, 0.15) is 11.9 Å². The minimum Gasteiger partial charge on any atom is -0.480 e. The number of hydrogen-bond acceptors (Lipinski definition) is 5. The van der Waals surface area contributed by atoms with Crippen molar-refractivity contribution in [2.24, 2.45) is 0 Å². The third-order valence-electron chi connectivity index (χ3n) is 6.10. The van der Waals surface area contributed by atoms with Crippen LogP contribution in [0.25, 0.3) is 11.1 Å². The summed E-state index contributed by atoms with van der Waals surface area (Å²) in [6, 6.07) is 10.7. The Hall–Kier alpha value is -3.30. The molecule has 2 aromatic rings. The van der Waals surface area contributed by atoms with E-state index < -0.39 is 23.7 Å². The van der Waals surface area contributed by atoms with Gasteiger partial charge >= 0.3 is 5.97 Å². The Morgan fingerprint density at radius 2 is 1.85 bits per heavy atom. The van der Waals surface area contributed by atoms with Crippen LogP contribution in [0.5, 0.6) is 0 Å². The Balaban J connectivity index is 1.48. The second-order valence-corrected chi connectivity index (χ2v) is 8.35. The van der Waals surface area contributed by atoms with Crippen LogP contribution in [0.1, 0.15) is 17.5 Å². The highest BCUT2D eigenvalue weighted by molar-refractivity contribution is 5.86. The third-order valence-corrected chi connectivity index (χ3v) is 6.10. The van der Waals surface area contributed by atoms with Crippen LogP contribution in [-0.4, -0.2) is 71.3 Å². The summed E-state index contributed by atoms with van der Waals surface area (Å²) < 4.78 is 24.4. The molecule has 2 aliphatic heterocycles. The summed E-state index contributed by atoms with van der Waals surface area (Å²) in [6.45, 7) is 2.49. The number of carbonyl (C=O) groups is 3. The van der Waals surface area contributed by atoms with Crippen LogP contribution < -0.4 is 0 Å². The van der Waals surface area contributed by atoms with Gasteiger partial charge in [-0.2, -0.15) is 0 Å². The normalized spacial score (nSPS) is 19.1. The van der Waals surface area contributed by atoms with Crippen molar-refractivity contribution in [1.29, 1.82) is 0 Å². The van der Waals surface area contributed by atoms with Crippen LogP contribution in [0.15, 0.2) is 42.5 Å². The maximum atomic E-state index is 13.3. The number of halogens is 1. The number of aryl methyl sites for hydroxylation is 1. The van der Waals surface area contributed by atoms with Gasteiger partial charge in [-0.1, -0.05) is 24.3 Å². The van der Waals surface area contributed by atoms with Gasteiger partial charge in [0.15, 0.2) is 5.79 Å². The highest BCUT2D eigenvalue weighted by Crippen LogP contribution is 2.35. The lowest BCUT2D eigenvalue weighted by Gasteiger charge is -2.26. The van der Waals surface area contributed by atoms with Crippen LogP contribution in [0.4, 0.5) is 4.39 Å². The number of nitrogens with zero attached hydrogens (tertiary/aromatic N) is 2. The second kappa shape index (κ2) is 9.29. The van der Waals surface area contributed by atoms with Crippen LogP contribution >= 0.6 is 0 Å². The standard InChI is InChI=1S/C24H25FN2O6/c1-16-2-3-18(17-4-6-20(25)7-5-17)10-19(16)12-26(15-28)13-22(29)27-14-24(32-8-9-33-24)11-21(27)23(30)31/h2-7,10,15,21H,8-9,11-14H2,1H3,(H,30,31). The number of carbonyl (C=O) groups excluding carboxylic acids is 2. The maximum absolute atomic E-state index is 13.3. The van der Waals surface area contributed by atoms with Crippen molar-refractivity contribution in [3.8, 4) is 11.1 Å². The number of hydrogen-bond donors (Lipinski definition) is 1. The van der Waals surface area contributed by atoms with Gasteiger partial charge in [0.2, 0.25) is 12.3 Å². The van der Waals surface area contributed by atoms with Crippen LogP contribution in [0, 0.1) is 12.7 Å². The summed E-state index contributed by atoms with van der Waals surface area (Å²) >= 11 is 0. The summed E-state index contributed by atoms with van der Waals surface area (Å²) in [6.07, 6.45) is 0.625. The number of aliphatic carboxylic acids is 1. The number of carboxylic acid groups (broad SMARTS) is 1. The summed E-state index contributed by atoms with van der Waals surface area (Å²) in [5.74, 6) is -3.05. The molecule has 1 atom stereocenters. The van der Waals surface area contributed by atoms with Gasteiger partial charge in [0, 0.05) is 13.0 Å². The third kappa shape index (κ3) is 4.89. The molecule has 1 spiro atoms. The van der Waals surface area contributed by atoms with Gasteiger partial charge in [0.05, 0.1) is 26.3 Å². The SMILES string of the molecule is Cc1ccc(-c2ccc(F)cc2)cc1CN(C=O)CC(=O)N1CC2(CC1C(=O)O)OCCO2. The van der Waals surface area contributed by atoms with Crippen molar-refractivity contribution in [3.63, 3.8) is 0 Å². The second-order valence-electron chi connectivity index (χ2n) is 8.35. The minimum absolute atomic E-state index is 0.00851. The van der Waals surface area contributed by atoms with E-state index in [2.05, 4.69) is 0 Å². The van der Waals surface area contributed by atoms with Crippen LogP contribution in [0.2, 0.25) is 0 Å². The molecule has 4 rings (SSSR count). The monoisotopic (exact) mass is 456 g/mol. The van der Waals surface area contributed by atoms with E-state index in [4.69, 9.17) is 9.47 Å². The summed E-state index contributed by atoms with van der Waals surface area (Å²) in [7, 11) is 0. The molecule has 33 heavy (non-hydrogen) atoms. The topological polar surface area (TPSA) is 96.4 Å². The number of carboxylic acids is 1. The predicted octanol–water partition coefficient (Wildman–Crippen LogP) is 2.19. The highest BCUT2D eigenvalue weighted by atomic mass is 19.1. The van der Waals surface area contributed by atoms with E-state index in [0.717, 1.165) is 22.3 Å². The first-order chi connectivity index (χ1) is 15.8. The van der Waals surface area contributed by atoms with Gasteiger partial charge in [-0.15, -0.1) is 0 Å². The average molecular weight is 456 g/mol. The fraction of sp³-hybridized carbons (Fsp3) is 0.375. The number of amides is 2. The van der Waals surface area contributed by atoms with Gasteiger partial charge < -0.3 is 24.4 Å². The Labute approximate surface area is 190 Å². The molecule has 0 saturated carbocycles. The van der Waals surface area contributed by atoms with Gasteiger partial charge in [0.25, 0.3) is 0 Å². The molecule has 9 heteroatoms. The zero-order valence-corrected chi connectivity index (χ0v) is 18.2.